The van der Waals surface area contributed by atoms with E-state index in [4.69, 9.17) is 11.6 Å². The summed E-state index contributed by atoms with van der Waals surface area (Å²) in [5.74, 6) is -0.505. The second-order valence-corrected chi connectivity index (χ2v) is 7.25. The molecule has 0 aliphatic carbocycles. The molecule has 4 nitrogen and oxygen atoms in total. The van der Waals surface area contributed by atoms with Crippen molar-refractivity contribution in [2.24, 2.45) is 0 Å². The SMILES string of the molecule is Cc1cnn(C2CC3CCC(C2)N3C(=O)c2ccc(F)cc2Cl)c1. The summed E-state index contributed by atoms with van der Waals surface area (Å²) in [5.41, 5.74) is 1.54. The van der Waals surface area contributed by atoms with Crippen molar-refractivity contribution in [2.45, 2.75) is 50.7 Å². The van der Waals surface area contributed by atoms with Gasteiger partial charge < -0.3 is 4.90 Å². The molecule has 2 fully saturated rings. The van der Waals surface area contributed by atoms with Crippen molar-refractivity contribution < 1.29 is 9.18 Å². The van der Waals surface area contributed by atoms with Crippen molar-refractivity contribution in [2.75, 3.05) is 0 Å². The summed E-state index contributed by atoms with van der Waals surface area (Å²) in [6.07, 6.45) is 7.76. The number of fused-ring (bicyclic) bond motifs is 2. The van der Waals surface area contributed by atoms with Gasteiger partial charge in [0, 0.05) is 18.3 Å². The first-order valence-electron chi connectivity index (χ1n) is 8.31. The lowest BCUT2D eigenvalue weighted by molar-refractivity contribution is 0.0524. The highest BCUT2D eigenvalue weighted by molar-refractivity contribution is 6.33. The first-order chi connectivity index (χ1) is 11.5. The first kappa shape index (κ1) is 15.6. The van der Waals surface area contributed by atoms with Gasteiger partial charge in [-0.1, -0.05) is 11.6 Å². The third-order valence-corrected chi connectivity index (χ3v) is 5.52. The zero-order valence-corrected chi connectivity index (χ0v) is 14.2. The van der Waals surface area contributed by atoms with Crippen LogP contribution in [-0.4, -0.2) is 32.7 Å². The smallest absolute Gasteiger partial charge is 0.255 e. The maximum atomic E-state index is 13.2. The summed E-state index contributed by atoms with van der Waals surface area (Å²) in [6.45, 7) is 2.04. The molecule has 0 saturated carbocycles. The summed E-state index contributed by atoms with van der Waals surface area (Å²) in [7, 11) is 0. The molecule has 126 valence electrons. The Hall–Kier alpha value is -1.88. The van der Waals surface area contributed by atoms with Gasteiger partial charge in [0.2, 0.25) is 0 Å². The molecule has 0 spiro atoms. The number of hydrogen-bond donors (Lipinski definition) is 0. The summed E-state index contributed by atoms with van der Waals surface area (Å²) in [5, 5.41) is 4.62. The van der Waals surface area contributed by atoms with Gasteiger partial charge in [-0.25, -0.2) is 4.39 Å². The minimum absolute atomic E-state index is 0.0809. The van der Waals surface area contributed by atoms with Gasteiger partial charge in [0.25, 0.3) is 5.91 Å². The van der Waals surface area contributed by atoms with Crippen molar-refractivity contribution >= 4 is 17.5 Å². The Morgan fingerprint density at radius 3 is 2.54 bits per heavy atom. The molecule has 1 aromatic carbocycles. The number of aryl methyl sites for hydroxylation is 1. The molecule has 2 unspecified atom stereocenters. The van der Waals surface area contributed by atoms with E-state index in [1.54, 1.807) is 0 Å². The fraction of sp³-hybridized carbons (Fsp3) is 0.444. The lowest BCUT2D eigenvalue weighted by atomic mass is 9.96. The molecule has 3 heterocycles. The van der Waals surface area contributed by atoms with Crippen molar-refractivity contribution in [1.82, 2.24) is 14.7 Å². The molecule has 2 atom stereocenters. The van der Waals surface area contributed by atoms with Crippen LogP contribution in [0.1, 0.15) is 47.6 Å². The van der Waals surface area contributed by atoms with Gasteiger partial charge in [-0.05, 0) is 56.4 Å². The van der Waals surface area contributed by atoms with Gasteiger partial charge in [-0.2, -0.15) is 5.10 Å². The Morgan fingerprint density at radius 1 is 1.25 bits per heavy atom. The quantitative estimate of drug-likeness (QED) is 0.823. The number of hydrogen-bond acceptors (Lipinski definition) is 2. The topological polar surface area (TPSA) is 38.1 Å². The van der Waals surface area contributed by atoms with E-state index in [-0.39, 0.29) is 23.0 Å². The summed E-state index contributed by atoms with van der Waals surface area (Å²) in [4.78, 5) is 14.9. The van der Waals surface area contributed by atoms with Crippen molar-refractivity contribution in [3.63, 3.8) is 0 Å². The molecule has 1 amide bonds. The molecular formula is C18H19ClFN3O. The highest BCUT2D eigenvalue weighted by Crippen LogP contribution is 2.41. The molecule has 0 radical (unpaired) electrons. The Balaban J connectivity index is 1.57. The van der Waals surface area contributed by atoms with Crippen LogP contribution in [-0.2, 0) is 0 Å². The van der Waals surface area contributed by atoms with E-state index >= 15 is 0 Å². The minimum Gasteiger partial charge on any atom is -0.332 e. The second kappa shape index (κ2) is 5.88. The number of piperidine rings is 1. The fourth-order valence-electron chi connectivity index (χ4n) is 4.13. The van der Waals surface area contributed by atoms with Crippen LogP contribution in [0.15, 0.2) is 30.6 Å². The van der Waals surface area contributed by atoms with E-state index in [0.29, 0.717) is 11.6 Å². The third kappa shape index (κ3) is 2.61. The van der Waals surface area contributed by atoms with E-state index in [9.17, 15) is 9.18 Å². The molecule has 1 aromatic heterocycles. The Kier molecular flexibility index (Phi) is 3.83. The van der Waals surface area contributed by atoms with Gasteiger partial charge >= 0.3 is 0 Å². The maximum Gasteiger partial charge on any atom is 0.255 e. The Bertz CT molecular complexity index is 776. The summed E-state index contributed by atoms with van der Waals surface area (Å²) >= 11 is 6.09. The van der Waals surface area contributed by atoms with Crippen LogP contribution in [0.3, 0.4) is 0 Å². The van der Waals surface area contributed by atoms with Crippen LogP contribution in [0.5, 0.6) is 0 Å². The van der Waals surface area contributed by atoms with Crippen LogP contribution >= 0.6 is 11.6 Å². The number of halogens is 2. The number of nitrogens with zero attached hydrogens (tertiary/aromatic N) is 3. The van der Waals surface area contributed by atoms with Crippen LogP contribution in [0.25, 0.3) is 0 Å². The predicted octanol–water partition coefficient (Wildman–Crippen LogP) is 3.99. The van der Waals surface area contributed by atoms with E-state index in [0.717, 1.165) is 31.2 Å². The van der Waals surface area contributed by atoms with Crippen LogP contribution < -0.4 is 0 Å². The van der Waals surface area contributed by atoms with E-state index in [1.165, 1.54) is 18.2 Å². The van der Waals surface area contributed by atoms with E-state index < -0.39 is 5.82 Å². The fourth-order valence-corrected chi connectivity index (χ4v) is 4.38. The number of carbonyl (C=O) groups excluding carboxylic acids is 1. The average Bonchev–Trinajstić information content (AvgIpc) is 3.08. The lowest BCUT2D eigenvalue weighted by Gasteiger charge is -2.39. The number of benzene rings is 1. The van der Waals surface area contributed by atoms with Crippen LogP contribution in [0, 0.1) is 12.7 Å². The second-order valence-electron chi connectivity index (χ2n) is 6.84. The van der Waals surface area contributed by atoms with Gasteiger partial charge in [0.15, 0.2) is 0 Å². The van der Waals surface area contributed by atoms with E-state index in [2.05, 4.69) is 11.3 Å². The zero-order chi connectivity index (χ0) is 16.8. The van der Waals surface area contributed by atoms with Crippen LogP contribution in [0.2, 0.25) is 5.02 Å². The summed E-state index contributed by atoms with van der Waals surface area (Å²) in [6, 6.07) is 4.72. The predicted molar refractivity (Wildman–Crippen MR) is 89.6 cm³/mol. The van der Waals surface area contributed by atoms with Crippen molar-refractivity contribution in [3.8, 4) is 0 Å². The molecule has 2 aromatic rings. The Labute approximate surface area is 145 Å². The molecular weight excluding hydrogens is 329 g/mol. The van der Waals surface area contributed by atoms with E-state index in [1.807, 2.05) is 22.7 Å². The molecule has 4 rings (SSSR count). The molecule has 0 N–H and O–H groups in total. The number of rotatable bonds is 2. The van der Waals surface area contributed by atoms with Gasteiger partial charge in [-0.3, -0.25) is 9.48 Å². The summed E-state index contributed by atoms with van der Waals surface area (Å²) < 4.78 is 15.3. The molecule has 2 aliphatic heterocycles. The molecule has 24 heavy (non-hydrogen) atoms. The first-order valence-corrected chi connectivity index (χ1v) is 8.69. The molecule has 2 saturated heterocycles. The monoisotopic (exact) mass is 347 g/mol. The van der Waals surface area contributed by atoms with Crippen LogP contribution in [0.4, 0.5) is 4.39 Å². The Morgan fingerprint density at radius 2 is 1.96 bits per heavy atom. The zero-order valence-electron chi connectivity index (χ0n) is 13.5. The third-order valence-electron chi connectivity index (χ3n) is 5.21. The normalized spacial score (nSPS) is 26.0. The number of amides is 1. The van der Waals surface area contributed by atoms with Gasteiger partial charge in [0.05, 0.1) is 22.8 Å². The highest BCUT2D eigenvalue weighted by Gasteiger charge is 2.44. The van der Waals surface area contributed by atoms with Gasteiger partial charge in [-0.15, -0.1) is 0 Å². The average molecular weight is 348 g/mol. The molecule has 2 bridgehead atoms. The number of aromatic nitrogens is 2. The van der Waals surface area contributed by atoms with Gasteiger partial charge in [0.1, 0.15) is 5.82 Å². The minimum atomic E-state index is -0.424. The standard InChI is InChI=1S/C18H19ClFN3O/c1-11-9-21-22(10-11)15-7-13-3-4-14(8-15)23(13)18(24)16-5-2-12(20)6-17(16)19/h2,5-6,9-10,13-15H,3-4,7-8H2,1H3. The van der Waals surface area contributed by atoms with Crippen molar-refractivity contribution in [3.05, 3.63) is 52.6 Å². The lowest BCUT2D eigenvalue weighted by Crippen LogP contribution is -2.47. The molecule has 2 aliphatic rings. The maximum absolute atomic E-state index is 13.2. The highest BCUT2D eigenvalue weighted by atomic mass is 35.5. The van der Waals surface area contributed by atoms with Crippen molar-refractivity contribution in [1.29, 1.82) is 0 Å². The molecule has 6 heteroatoms. The largest absolute Gasteiger partial charge is 0.332 e. The number of carbonyl (C=O) groups is 1.